The minimum Gasteiger partial charge on any atom is -0.396 e. The van der Waals surface area contributed by atoms with Gasteiger partial charge in [0.2, 0.25) is 0 Å². The number of nitrogens with zero attached hydrogens (tertiary/aromatic N) is 5. The summed E-state index contributed by atoms with van der Waals surface area (Å²) in [5, 5.41) is 21.0. The Hall–Kier alpha value is -3.09. The van der Waals surface area contributed by atoms with E-state index < -0.39 is 0 Å². The average molecular weight is 444 g/mol. The fraction of sp³-hybridized carbons (Fsp3) is 0.370. The van der Waals surface area contributed by atoms with E-state index in [1.807, 2.05) is 32.2 Å². The molecule has 172 valence electrons. The summed E-state index contributed by atoms with van der Waals surface area (Å²) in [6.07, 6.45) is 4.72. The number of aromatic nitrogens is 2. The zero-order valence-corrected chi connectivity index (χ0v) is 19.6. The number of aliphatic hydroxyl groups is 1. The number of anilines is 1. The van der Waals surface area contributed by atoms with Gasteiger partial charge in [-0.25, -0.2) is 0 Å². The molecule has 0 bridgehead atoms. The van der Waals surface area contributed by atoms with E-state index >= 15 is 0 Å². The molecule has 0 radical (unpaired) electrons. The maximum Gasteiger partial charge on any atom is 0.159 e. The van der Waals surface area contributed by atoms with Crippen LogP contribution >= 0.6 is 0 Å². The van der Waals surface area contributed by atoms with Crippen molar-refractivity contribution in [3.8, 4) is 0 Å². The third-order valence-electron chi connectivity index (χ3n) is 6.29. The van der Waals surface area contributed by atoms with Gasteiger partial charge in [-0.05, 0) is 12.5 Å². The lowest BCUT2D eigenvalue weighted by atomic mass is 10.0. The summed E-state index contributed by atoms with van der Waals surface area (Å²) in [4.78, 5) is 9.31. The van der Waals surface area contributed by atoms with Crippen LogP contribution in [0, 0.1) is 5.92 Å². The van der Waals surface area contributed by atoms with Crippen molar-refractivity contribution in [1.29, 1.82) is 0 Å². The van der Waals surface area contributed by atoms with Crippen LogP contribution in [0.15, 0.2) is 71.4 Å². The highest BCUT2D eigenvalue weighted by molar-refractivity contribution is 5.93. The minimum atomic E-state index is 0.0693. The van der Waals surface area contributed by atoms with E-state index in [4.69, 9.17) is 0 Å². The summed E-state index contributed by atoms with van der Waals surface area (Å²) in [6.45, 7) is 8.61. The molecule has 0 aliphatic carbocycles. The van der Waals surface area contributed by atoms with Gasteiger partial charge < -0.3 is 10.0 Å². The predicted octanol–water partition coefficient (Wildman–Crippen LogP) is 3.95. The summed E-state index contributed by atoms with van der Waals surface area (Å²) in [5.41, 5.74) is 3.20. The maximum absolute atomic E-state index is 9.35. The normalized spacial score (nSPS) is 16.6. The van der Waals surface area contributed by atoms with Crippen molar-refractivity contribution in [1.82, 2.24) is 15.1 Å². The van der Waals surface area contributed by atoms with Crippen LogP contribution in [0.3, 0.4) is 0 Å². The van der Waals surface area contributed by atoms with Gasteiger partial charge in [0.05, 0.1) is 12.3 Å². The van der Waals surface area contributed by atoms with Crippen molar-refractivity contribution < 1.29 is 5.11 Å². The SMILES string of the molecule is C/C=C(\N=CCN1CCN(c2nnc(Cc3ccccc3)c3ccccc23)CC1)C(C)CO. The van der Waals surface area contributed by atoms with Gasteiger partial charge in [-0.15, -0.1) is 5.10 Å². The van der Waals surface area contributed by atoms with Crippen molar-refractivity contribution in [2.24, 2.45) is 10.9 Å². The third kappa shape index (κ3) is 5.64. The first kappa shape index (κ1) is 23.1. The van der Waals surface area contributed by atoms with E-state index in [2.05, 4.69) is 73.5 Å². The number of piperazine rings is 1. The van der Waals surface area contributed by atoms with Crippen LogP contribution < -0.4 is 4.90 Å². The molecular formula is C27H33N5O. The number of benzene rings is 2. The molecule has 1 saturated heterocycles. The van der Waals surface area contributed by atoms with Crippen LogP contribution in [0.25, 0.3) is 10.8 Å². The smallest absolute Gasteiger partial charge is 0.159 e. The van der Waals surface area contributed by atoms with Crippen LogP contribution in [0.4, 0.5) is 5.82 Å². The van der Waals surface area contributed by atoms with Crippen molar-refractivity contribution in [2.75, 3.05) is 44.2 Å². The van der Waals surface area contributed by atoms with Crippen molar-refractivity contribution in [3.05, 3.63) is 77.6 Å². The molecule has 6 heteroatoms. The Labute approximate surface area is 196 Å². The molecule has 2 aromatic carbocycles. The van der Waals surface area contributed by atoms with Crippen LogP contribution in [-0.2, 0) is 6.42 Å². The molecule has 6 nitrogen and oxygen atoms in total. The molecule has 1 aliphatic heterocycles. The number of aliphatic hydroxyl groups excluding tert-OH is 1. The third-order valence-corrected chi connectivity index (χ3v) is 6.29. The Morgan fingerprint density at radius 1 is 1.00 bits per heavy atom. The van der Waals surface area contributed by atoms with Crippen LogP contribution in [0.5, 0.6) is 0 Å². The van der Waals surface area contributed by atoms with Gasteiger partial charge in [0.15, 0.2) is 5.82 Å². The van der Waals surface area contributed by atoms with E-state index in [0.717, 1.165) is 56.4 Å². The Morgan fingerprint density at radius 2 is 1.70 bits per heavy atom. The number of rotatable bonds is 8. The van der Waals surface area contributed by atoms with E-state index in [9.17, 15) is 5.11 Å². The fourth-order valence-electron chi connectivity index (χ4n) is 4.28. The molecule has 1 fully saturated rings. The zero-order valence-electron chi connectivity index (χ0n) is 19.6. The molecule has 1 aromatic heterocycles. The van der Waals surface area contributed by atoms with Gasteiger partial charge >= 0.3 is 0 Å². The monoisotopic (exact) mass is 443 g/mol. The Kier molecular flexibility index (Phi) is 7.81. The molecule has 0 spiro atoms. The summed E-state index contributed by atoms with van der Waals surface area (Å²) in [6, 6.07) is 18.9. The Morgan fingerprint density at radius 3 is 2.39 bits per heavy atom. The second-order valence-electron chi connectivity index (χ2n) is 8.57. The van der Waals surface area contributed by atoms with Gasteiger partial charge in [-0.2, -0.15) is 5.10 Å². The number of aliphatic imine (C=N–C) groups is 1. The molecule has 1 atom stereocenters. The number of allylic oxidation sites excluding steroid dienone is 1. The second kappa shape index (κ2) is 11.2. The topological polar surface area (TPSA) is 64.9 Å². The van der Waals surface area contributed by atoms with Gasteiger partial charge in [0.25, 0.3) is 0 Å². The first-order valence-electron chi connectivity index (χ1n) is 11.7. The second-order valence-corrected chi connectivity index (χ2v) is 8.57. The highest BCUT2D eigenvalue weighted by Crippen LogP contribution is 2.27. The minimum absolute atomic E-state index is 0.0693. The summed E-state index contributed by atoms with van der Waals surface area (Å²) < 4.78 is 0. The number of fused-ring (bicyclic) bond motifs is 1. The van der Waals surface area contributed by atoms with Gasteiger partial charge in [-0.1, -0.05) is 67.6 Å². The highest BCUT2D eigenvalue weighted by Gasteiger charge is 2.20. The lowest BCUT2D eigenvalue weighted by Gasteiger charge is -2.35. The Balaban J connectivity index is 1.43. The van der Waals surface area contributed by atoms with E-state index in [1.165, 1.54) is 16.3 Å². The summed E-state index contributed by atoms with van der Waals surface area (Å²) in [5.74, 6) is 1.04. The van der Waals surface area contributed by atoms with E-state index in [-0.39, 0.29) is 12.5 Å². The largest absolute Gasteiger partial charge is 0.396 e. The van der Waals surface area contributed by atoms with Crippen LogP contribution in [0.2, 0.25) is 0 Å². The van der Waals surface area contributed by atoms with Crippen LogP contribution in [0.1, 0.15) is 25.1 Å². The molecule has 33 heavy (non-hydrogen) atoms. The molecule has 1 unspecified atom stereocenters. The maximum atomic E-state index is 9.35. The highest BCUT2D eigenvalue weighted by atomic mass is 16.3. The standard InChI is InChI=1S/C27H33N5O/c1-3-25(21(2)20-33)28-13-14-31-15-17-32(18-16-31)27-24-12-8-7-11-23(24)26(29-30-27)19-22-9-5-4-6-10-22/h3-13,21,33H,14-20H2,1-2H3/b25-3-,28-13?. The Bertz CT molecular complexity index is 1100. The molecule has 3 aromatic rings. The summed E-state index contributed by atoms with van der Waals surface area (Å²) in [7, 11) is 0. The molecule has 0 amide bonds. The van der Waals surface area contributed by atoms with E-state index in [0.29, 0.717) is 0 Å². The van der Waals surface area contributed by atoms with E-state index in [1.54, 1.807) is 0 Å². The van der Waals surface area contributed by atoms with Crippen molar-refractivity contribution in [3.63, 3.8) is 0 Å². The molecule has 2 heterocycles. The first-order chi connectivity index (χ1) is 16.2. The lowest BCUT2D eigenvalue weighted by Crippen LogP contribution is -2.47. The summed E-state index contributed by atoms with van der Waals surface area (Å²) >= 11 is 0. The molecule has 0 saturated carbocycles. The van der Waals surface area contributed by atoms with Gasteiger partial charge in [-0.3, -0.25) is 9.89 Å². The molecule has 1 N–H and O–H groups in total. The predicted molar refractivity (Wildman–Crippen MR) is 136 cm³/mol. The molecular weight excluding hydrogens is 410 g/mol. The molecule has 4 rings (SSSR count). The number of hydrogen-bond donors (Lipinski definition) is 1. The molecule has 1 aliphatic rings. The quantitative estimate of drug-likeness (QED) is 0.534. The van der Waals surface area contributed by atoms with Crippen molar-refractivity contribution in [2.45, 2.75) is 20.3 Å². The lowest BCUT2D eigenvalue weighted by molar-refractivity contribution is 0.255. The fourth-order valence-corrected chi connectivity index (χ4v) is 4.28. The van der Waals surface area contributed by atoms with Crippen LogP contribution in [-0.4, -0.2) is 65.7 Å². The number of hydrogen-bond acceptors (Lipinski definition) is 6. The van der Waals surface area contributed by atoms with Crippen molar-refractivity contribution >= 4 is 22.8 Å². The first-order valence-corrected chi connectivity index (χ1v) is 11.7. The zero-order chi connectivity index (χ0) is 23.0. The average Bonchev–Trinajstić information content (AvgIpc) is 2.87. The van der Waals surface area contributed by atoms with Gasteiger partial charge in [0.1, 0.15) is 0 Å². The van der Waals surface area contributed by atoms with Gasteiger partial charge in [0, 0.05) is 67.7 Å².